The smallest absolute Gasteiger partial charge is 0.343 e. The van der Waals surface area contributed by atoms with Crippen LogP contribution in [0.25, 0.3) is 0 Å². The Morgan fingerprint density at radius 2 is 2.30 bits per heavy atom. The molecule has 0 atom stereocenters. The lowest BCUT2D eigenvalue weighted by atomic mass is 10.4. The first-order valence-corrected chi connectivity index (χ1v) is 4.28. The van der Waals surface area contributed by atoms with Crippen molar-refractivity contribution in [2.24, 2.45) is 0 Å². The lowest BCUT2D eigenvalue weighted by Crippen LogP contribution is -2.04. The van der Waals surface area contributed by atoms with Crippen LogP contribution in [-0.2, 0) is 9.53 Å². The van der Waals surface area contributed by atoms with E-state index in [0.29, 0.717) is 10.2 Å². The Balaban J connectivity index is 3.31. The van der Waals surface area contributed by atoms with E-state index in [9.17, 15) is 4.79 Å². The van der Waals surface area contributed by atoms with Crippen molar-refractivity contribution in [2.45, 2.75) is 19.8 Å². The van der Waals surface area contributed by atoms with Gasteiger partial charge in [-0.25, -0.2) is 4.79 Å². The molecule has 0 bridgehead atoms. The van der Waals surface area contributed by atoms with E-state index < -0.39 is 0 Å². The van der Waals surface area contributed by atoms with Gasteiger partial charge < -0.3 is 4.74 Å². The van der Waals surface area contributed by atoms with E-state index >= 15 is 0 Å². The van der Waals surface area contributed by atoms with Crippen molar-refractivity contribution in [3.8, 4) is 0 Å². The van der Waals surface area contributed by atoms with E-state index in [0.717, 1.165) is 12.8 Å². The highest BCUT2D eigenvalue weighted by molar-refractivity contribution is 14.1. The summed E-state index contributed by atoms with van der Waals surface area (Å²) < 4.78 is 5.24. The number of hydrogen-bond donors (Lipinski definition) is 0. The fraction of sp³-hybridized carbons (Fsp3) is 0.571. The molecule has 0 N–H and O–H groups in total. The van der Waals surface area contributed by atoms with Gasteiger partial charge in [0.15, 0.2) is 0 Å². The number of halogens is 1. The van der Waals surface area contributed by atoms with Gasteiger partial charge in [-0.15, -0.1) is 0 Å². The number of rotatable bonds is 4. The standard InChI is InChI=1S/C7H11IO2/c1-3-4-5-10-7(9)6(2)8/h2-5H2,1H3. The van der Waals surface area contributed by atoms with Crippen LogP contribution in [0.5, 0.6) is 0 Å². The highest BCUT2D eigenvalue weighted by Gasteiger charge is 2.02. The lowest BCUT2D eigenvalue weighted by molar-refractivity contribution is -0.138. The minimum Gasteiger partial charge on any atom is -0.462 e. The molecule has 0 heterocycles. The Kier molecular flexibility index (Phi) is 5.67. The van der Waals surface area contributed by atoms with Crippen molar-refractivity contribution in [3.05, 3.63) is 10.2 Å². The predicted octanol–water partition coefficient (Wildman–Crippen LogP) is 2.28. The number of carbonyl (C=O) groups is 1. The summed E-state index contributed by atoms with van der Waals surface area (Å²) in [6, 6.07) is 0. The van der Waals surface area contributed by atoms with Crippen molar-refractivity contribution in [3.63, 3.8) is 0 Å². The highest BCUT2D eigenvalue weighted by Crippen LogP contribution is 2.04. The fourth-order valence-corrected chi connectivity index (χ4v) is 0.543. The van der Waals surface area contributed by atoms with Gasteiger partial charge in [-0.1, -0.05) is 19.9 Å². The Morgan fingerprint density at radius 3 is 2.70 bits per heavy atom. The van der Waals surface area contributed by atoms with Crippen molar-refractivity contribution in [1.29, 1.82) is 0 Å². The summed E-state index contributed by atoms with van der Waals surface area (Å²) in [5.74, 6) is -0.297. The molecule has 0 radical (unpaired) electrons. The SMILES string of the molecule is C=C(I)C(=O)OCCCC. The summed E-state index contributed by atoms with van der Waals surface area (Å²) in [6.45, 7) is 6.01. The zero-order valence-corrected chi connectivity index (χ0v) is 8.18. The average Bonchev–Trinajstić information content (AvgIpc) is 1.88. The maximum atomic E-state index is 10.7. The number of carbonyl (C=O) groups excluding carboxylic acids is 1. The van der Waals surface area contributed by atoms with Crippen molar-refractivity contribution in [2.75, 3.05) is 6.61 Å². The Hall–Kier alpha value is -0.0600. The molecule has 0 aromatic carbocycles. The van der Waals surface area contributed by atoms with Crippen molar-refractivity contribution >= 4 is 28.6 Å². The van der Waals surface area contributed by atoms with Crippen LogP contribution in [0.3, 0.4) is 0 Å². The molecule has 0 amide bonds. The normalized spacial score (nSPS) is 9.00. The van der Waals surface area contributed by atoms with E-state index in [1.54, 1.807) is 0 Å². The molecule has 0 aliphatic heterocycles. The second-order valence-electron chi connectivity index (χ2n) is 1.89. The summed E-state index contributed by atoms with van der Waals surface area (Å²) in [6.07, 6.45) is 1.97. The molecule has 2 nitrogen and oxygen atoms in total. The number of hydrogen-bond acceptors (Lipinski definition) is 2. The molecule has 10 heavy (non-hydrogen) atoms. The summed E-state index contributed by atoms with van der Waals surface area (Å²) in [5.41, 5.74) is 0. The van der Waals surface area contributed by atoms with Gasteiger partial charge in [0.2, 0.25) is 0 Å². The van der Waals surface area contributed by atoms with Crippen LogP contribution < -0.4 is 0 Å². The molecular formula is C7H11IO2. The highest BCUT2D eigenvalue weighted by atomic mass is 127. The molecule has 0 aliphatic rings. The summed E-state index contributed by atoms with van der Waals surface area (Å²) in [7, 11) is 0. The average molecular weight is 254 g/mol. The Bertz CT molecular complexity index is 132. The number of ether oxygens (including phenoxy) is 1. The van der Waals surface area contributed by atoms with Gasteiger partial charge in [0.05, 0.1) is 10.2 Å². The zero-order chi connectivity index (χ0) is 7.98. The maximum absolute atomic E-state index is 10.7. The third-order valence-corrected chi connectivity index (χ3v) is 1.39. The molecular weight excluding hydrogens is 243 g/mol. The molecule has 58 valence electrons. The first-order chi connectivity index (χ1) is 4.68. The van der Waals surface area contributed by atoms with Crippen molar-refractivity contribution in [1.82, 2.24) is 0 Å². The lowest BCUT2D eigenvalue weighted by Gasteiger charge is -2.00. The molecule has 0 fully saturated rings. The van der Waals surface area contributed by atoms with Gasteiger partial charge >= 0.3 is 5.97 Å². The quantitative estimate of drug-likeness (QED) is 0.333. The molecule has 0 aromatic heterocycles. The van der Waals surface area contributed by atoms with Gasteiger partial charge in [0.25, 0.3) is 0 Å². The first-order valence-electron chi connectivity index (χ1n) is 3.20. The van der Waals surface area contributed by atoms with E-state index in [1.807, 2.05) is 29.5 Å². The first kappa shape index (κ1) is 9.94. The number of esters is 1. The van der Waals surface area contributed by atoms with Crippen LogP contribution in [0, 0.1) is 0 Å². The van der Waals surface area contributed by atoms with E-state index in [4.69, 9.17) is 4.74 Å². The van der Waals surface area contributed by atoms with E-state index in [-0.39, 0.29) is 5.97 Å². The zero-order valence-electron chi connectivity index (χ0n) is 6.02. The third-order valence-electron chi connectivity index (χ3n) is 0.953. The molecule has 0 saturated carbocycles. The molecule has 0 aromatic rings. The second-order valence-corrected chi connectivity index (χ2v) is 3.20. The minimum absolute atomic E-state index is 0.297. The van der Waals surface area contributed by atoms with Gasteiger partial charge in [-0.05, 0) is 29.0 Å². The predicted molar refractivity (Wildman–Crippen MR) is 49.0 cm³/mol. The third kappa shape index (κ3) is 4.78. The van der Waals surface area contributed by atoms with Crippen LogP contribution in [0.4, 0.5) is 0 Å². The Labute approximate surface area is 74.8 Å². The van der Waals surface area contributed by atoms with E-state index in [2.05, 4.69) is 6.58 Å². The number of unbranched alkanes of at least 4 members (excludes halogenated alkanes) is 1. The van der Waals surface area contributed by atoms with Crippen LogP contribution in [-0.4, -0.2) is 12.6 Å². The van der Waals surface area contributed by atoms with Gasteiger partial charge in [0.1, 0.15) is 0 Å². The summed E-state index contributed by atoms with van der Waals surface area (Å²) >= 11 is 1.85. The summed E-state index contributed by atoms with van der Waals surface area (Å²) in [5, 5.41) is 0. The van der Waals surface area contributed by atoms with Gasteiger partial charge in [-0.2, -0.15) is 0 Å². The van der Waals surface area contributed by atoms with Crippen LogP contribution in [0.1, 0.15) is 19.8 Å². The summed E-state index contributed by atoms with van der Waals surface area (Å²) in [4.78, 5) is 10.7. The second kappa shape index (κ2) is 5.70. The van der Waals surface area contributed by atoms with Crippen LogP contribution >= 0.6 is 22.6 Å². The molecule has 0 saturated heterocycles. The largest absolute Gasteiger partial charge is 0.462 e. The molecule has 0 unspecified atom stereocenters. The van der Waals surface area contributed by atoms with Crippen molar-refractivity contribution < 1.29 is 9.53 Å². The van der Waals surface area contributed by atoms with Crippen LogP contribution in [0.15, 0.2) is 10.2 Å². The topological polar surface area (TPSA) is 26.3 Å². The van der Waals surface area contributed by atoms with Gasteiger partial charge in [0, 0.05) is 0 Å². The molecule has 3 heteroatoms. The molecule has 0 aliphatic carbocycles. The minimum atomic E-state index is -0.297. The fourth-order valence-electron chi connectivity index (χ4n) is 0.388. The van der Waals surface area contributed by atoms with Crippen LogP contribution in [0.2, 0.25) is 0 Å². The van der Waals surface area contributed by atoms with E-state index in [1.165, 1.54) is 0 Å². The molecule has 0 rings (SSSR count). The Morgan fingerprint density at radius 1 is 1.70 bits per heavy atom. The molecule has 0 spiro atoms. The monoisotopic (exact) mass is 254 g/mol. The van der Waals surface area contributed by atoms with Gasteiger partial charge in [-0.3, -0.25) is 0 Å². The maximum Gasteiger partial charge on any atom is 0.343 e.